The van der Waals surface area contributed by atoms with Gasteiger partial charge in [0.25, 0.3) is 0 Å². The fourth-order valence-electron chi connectivity index (χ4n) is 3.20. The number of methoxy groups -OCH3 is 3. The molecule has 1 aromatic heterocycles. The lowest BCUT2D eigenvalue weighted by Crippen LogP contribution is -2.15. The van der Waals surface area contributed by atoms with Gasteiger partial charge in [0.05, 0.1) is 33.6 Å². The first-order chi connectivity index (χ1) is 16.4. The number of benzene rings is 2. The Morgan fingerprint density at radius 3 is 2.18 bits per heavy atom. The maximum Gasteiger partial charge on any atom is 0.357 e. The fourth-order valence-corrected chi connectivity index (χ4v) is 3.20. The highest BCUT2D eigenvalue weighted by atomic mass is 16.6. The summed E-state index contributed by atoms with van der Waals surface area (Å²) in [5.41, 5.74) is 1.02. The summed E-state index contributed by atoms with van der Waals surface area (Å²) in [6.07, 6.45) is 0. The van der Waals surface area contributed by atoms with Crippen molar-refractivity contribution in [2.45, 2.75) is 6.92 Å². The molecule has 0 radical (unpaired) electrons. The van der Waals surface area contributed by atoms with E-state index < -0.39 is 17.9 Å². The summed E-state index contributed by atoms with van der Waals surface area (Å²) in [6, 6.07) is 13.6. The molecule has 0 atom stereocenters. The Morgan fingerprint density at radius 1 is 0.853 bits per heavy atom. The number of aromatic nitrogens is 2. The Labute approximate surface area is 195 Å². The van der Waals surface area contributed by atoms with E-state index in [0.717, 1.165) is 0 Å². The van der Waals surface area contributed by atoms with Crippen LogP contribution in [0.15, 0.2) is 48.5 Å². The molecule has 0 N–H and O–H groups in total. The van der Waals surface area contributed by atoms with Gasteiger partial charge in [-0.3, -0.25) is 0 Å². The number of para-hydroxylation sites is 1. The molecule has 0 saturated heterocycles. The first-order valence-electron chi connectivity index (χ1n) is 10.3. The molecule has 1 heterocycles. The molecule has 0 amide bonds. The van der Waals surface area contributed by atoms with Crippen molar-refractivity contribution in [3.05, 3.63) is 59.8 Å². The van der Waals surface area contributed by atoms with Gasteiger partial charge in [0.15, 0.2) is 23.8 Å². The van der Waals surface area contributed by atoms with Crippen LogP contribution in [-0.4, -0.2) is 62.2 Å². The van der Waals surface area contributed by atoms with Crippen molar-refractivity contribution in [2.24, 2.45) is 0 Å². The van der Waals surface area contributed by atoms with Crippen LogP contribution >= 0.6 is 0 Å². The van der Waals surface area contributed by atoms with Crippen LogP contribution in [0.2, 0.25) is 0 Å². The number of esters is 3. The van der Waals surface area contributed by atoms with Crippen molar-refractivity contribution >= 4 is 17.9 Å². The number of carbonyl (C=O) groups excluding carboxylic acids is 3. The molecule has 178 valence electrons. The average molecular weight is 468 g/mol. The van der Waals surface area contributed by atoms with E-state index >= 15 is 0 Å². The zero-order valence-corrected chi connectivity index (χ0v) is 19.2. The normalized spacial score (nSPS) is 10.4. The van der Waals surface area contributed by atoms with E-state index in [4.69, 9.17) is 18.9 Å². The lowest BCUT2D eigenvalue weighted by molar-refractivity contribution is -0.142. The van der Waals surface area contributed by atoms with E-state index in [1.54, 1.807) is 49.4 Å². The summed E-state index contributed by atoms with van der Waals surface area (Å²) in [7, 11) is 3.68. The average Bonchev–Trinajstić information content (AvgIpc) is 3.28. The minimum atomic E-state index is -0.762. The lowest BCUT2D eigenvalue weighted by Gasteiger charge is -2.12. The molecule has 2 aromatic carbocycles. The SMILES string of the molecule is CCOc1cc(-c2nn(-c3ccccc3)c(C(=O)OC)c2C(=O)OC)ccc1OCC(=O)OC. The number of rotatable bonds is 9. The highest BCUT2D eigenvalue weighted by molar-refractivity contribution is 6.06. The first-order valence-corrected chi connectivity index (χ1v) is 10.3. The highest BCUT2D eigenvalue weighted by Gasteiger charge is 2.31. The Morgan fingerprint density at radius 2 is 1.56 bits per heavy atom. The van der Waals surface area contributed by atoms with Crippen LogP contribution in [0.3, 0.4) is 0 Å². The van der Waals surface area contributed by atoms with Gasteiger partial charge in [-0.2, -0.15) is 5.10 Å². The second kappa shape index (κ2) is 11.0. The van der Waals surface area contributed by atoms with E-state index in [0.29, 0.717) is 29.4 Å². The number of nitrogens with zero attached hydrogens (tertiary/aromatic N) is 2. The van der Waals surface area contributed by atoms with Gasteiger partial charge in [-0.05, 0) is 37.3 Å². The molecule has 34 heavy (non-hydrogen) atoms. The Kier molecular flexibility index (Phi) is 7.86. The van der Waals surface area contributed by atoms with E-state index in [2.05, 4.69) is 9.84 Å². The van der Waals surface area contributed by atoms with Crippen LogP contribution in [0.5, 0.6) is 11.5 Å². The zero-order valence-electron chi connectivity index (χ0n) is 19.2. The van der Waals surface area contributed by atoms with Gasteiger partial charge < -0.3 is 23.7 Å². The van der Waals surface area contributed by atoms with Crippen molar-refractivity contribution in [1.29, 1.82) is 0 Å². The number of ether oxygens (including phenoxy) is 5. The second-order valence-electron chi connectivity index (χ2n) is 6.76. The number of hydrogen-bond acceptors (Lipinski definition) is 9. The molecule has 3 aromatic rings. The molecule has 0 spiro atoms. The van der Waals surface area contributed by atoms with Gasteiger partial charge in [0.2, 0.25) is 0 Å². The monoisotopic (exact) mass is 468 g/mol. The smallest absolute Gasteiger partial charge is 0.357 e. The van der Waals surface area contributed by atoms with E-state index in [-0.39, 0.29) is 23.6 Å². The molecule has 0 fully saturated rings. The molecule has 0 aliphatic carbocycles. The summed E-state index contributed by atoms with van der Waals surface area (Å²) in [4.78, 5) is 37.0. The van der Waals surface area contributed by atoms with Crippen LogP contribution in [0.4, 0.5) is 0 Å². The van der Waals surface area contributed by atoms with Crippen LogP contribution in [0, 0.1) is 0 Å². The predicted molar refractivity (Wildman–Crippen MR) is 120 cm³/mol. The molecule has 10 nitrogen and oxygen atoms in total. The molecule has 0 saturated carbocycles. The van der Waals surface area contributed by atoms with E-state index in [9.17, 15) is 14.4 Å². The second-order valence-corrected chi connectivity index (χ2v) is 6.76. The highest BCUT2D eigenvalue weighted by Crippen LogP contribution is 2.35. The van der Waals surface area contributed by atoms with Crippen LogP contribution in [-0.2, 0) is 19.0 Å². The molecule has 10 heteroatoms. The van der Waals surface area contributed by atoms with Gasteiger partial charge in [-0.1, -0.05) is 18.2 Å². The third-order valence-electron chi connectivity index (χ3n) is 4.74. The quantitative estimate of drug-likeness (QED) is 0.345. The van der Waals surface area contributed by atoms with Gasteiger partial charge in [-0.15, -0.1) is 0 Å². The maximum atomic E-state index is 12.8. The Balaban J connectivity index is 2.21. The minimum absolute atomic E-state index is 0.0659. The minimum Gasteiger partial charge on any atom is -0.490 e. The summed E-state index contributed by atoms with van der Waals surface area (Å²) < 4.78 is 27.0. The van der Waals surface area contributed by atoms with Crippen molar-refractivity contribution < 1.29 is 38.1 Å². The van der Waals surface area contributed by atoms with Crippen molar-refractivity contribution in [3.63, 3.8) is 0 Å². The van der Waals surface area contributed by atoms with Crippen molar-refractivity contribution in [1.82, 2.24) is 9.78 Å². The molecular formula is C24H24N2O8. The molecule has 0 aliphatic rings. The van der Waals surface area contributed by atoms with Crippen LogP contribution in [0.1, 0.15) is 27.8 Å². The van der Waals surface area contributed by atoms with Gasteiger partial charge in [-0.25, -0.2) is 19.1 Å². The van der Waals surface area contributed by atoms with Gasteiger partial charge >= 0.3 is 17.9 Å². The van der Waals surface area contributed by atoms with Gasteiger partial charge in [0, 0.05) is 5.56 Å². The molecule has 0 bridgehead atoms. The maximum absolute atomic E-state index is 12.8. The zero-order chi connectivity index (χ0) is 24.7. The fraction of sp³-hybridized carbons (Fsp3) is 0.250. The van der Waals surface area contributed by atoms with Crippen LogP contribution < -0.4 is 9.47 Å². The largest absolute Gasteiger partial charge is 0.490 e. The van der Waals surface area contributed by atoms with Crippen LogP contribution in [0.25, 0.3) is 16.9 Å². The summed E-state index contributed by atoms with van der Waals surface area (Å²) in [5, 5.41) is 4.55. The molecule has 3 rings (SSSR count). The third kappa shape index (κ3) is 5.01. The molecular weight excluding hydrogens is 444 g/mol. The topological polar surface area (TPSA) is 115 Å². The molecule has 0 unspecified atom stereocenters. The van der Waals surface area contributed by atoms with Crippen molar-refractivity contribution in [3.8, 4) is 28.4 Å². The van der Waals surface area contributed by atoms with Crippen molar-refractivity contribution in [2.75, 3.05) is 34.5 Å². The Bertz CT molecular complexity index is 1190. The number of hydrogen-bond donors (Lipinski definition) is 0. The Hall–Kier alpha value is -4.34. The van der Waals surface area contributed by atoms with E-state index in [1.165, 1.54) is 26.0 Å². The summed E-state index contributed by atoms with van der Waals surface area (Å²) in [6.45, 7) is 1.79. The van der Waals surface area contributed by atoms with E-state index in [1.807, 2.05) is 6.07 Å². The third-order valence-corrected chi connectivity index (χ3v) is 4.74. The van der Waals surface area contributed by atoms with Gasteiger partial charge in [0.1, 0.15) is 11.3 Å². The predicted octanol–water partition coefficient (Wildman–Crippen LogP) is 3.06. The standard InChI is InChI=1S/C24H24N2O8/c1-5-33-18-13-15(11-12-17(18)34-14-19(27)30-2)21-20(23(28)31-3)22(24(29)32-4)26(25-21)16-9-7-6-8-10-16/h6-13H,5,14H2,1-4H3. The first kappa shape index (κ1) is 24.3. The summed E-state index contributed by atoms with van der Waals surface area (Å²) in [5.74, 6) is -1.46. The summed E-state index contributed by atoms with van der Waals surface area (Å²) >= 11 is 0. The lowest BCUT2D eigenvalue weighted by atomic mass is 10.0. The molecule has 0 aliphatic heterocycles. The number of carbonyl (C=O) groups is 3.